The Morgan fingerprint density at radius 1 is 0.964 bits per heavy atom. The lowest BCUT2D eigenvalue weighted by atomic mass is 10.1. The van der Waals surface area contributed by atoms with Crippen LogP contribution in [0.4, 0.5) is 36.5 Å². The lowest BCUT2D eigenvalue weighted by Crippen LogP contribution is -2.14. The van der Waals surface area contributed by atoms with E-state index >= 15 is 0 Å². The van der Waals surface area contributed by atoms with Gasteiger partial charge in [0.25, 0.3) is 0 Å². The maximum atomic E-state index is 14.3. The van der Waals surface area contributed by atoms with E-state index in [2.05, 4.69) is 5.10 Å². The molecule has 0 fully saturated rings. The molecule has 0 amide bonds. The van der Waals surface area contributed by atoms with Crippen LogP contribution in [-0.2, 0) is 19.8 Å². The summed E-state index contributed by atoms with van der Waals surface area (Å²) in [5.74, 6) is -3.90. The summed E-state index contributed by atoms with van der Waals surface area (Å²) in [6.45, 7) is -0.890. The van der Waals surface area contributed by atoms with Gasteiger partial charge in [0, 0.05) is 12.6 Å². The van der Waals surface area contributed by atoms with Crippen LogP contribution in [0.15, 0.2) is 42.5 Å². The Kier molecular flexibility index (Phi) is 5.05. The lowest BCUT2D eigenvalue weighted by molar-refractivity contribution is -0.141. The molecule has 0 saturated carbocycles. The third-order valence-electron chi connectivity index (χ3n) is 4.05. The lowest BCUT2D eigenvalue weighted by Gasteiger charge is -2.15. The molecule has 2 aromatic carbocycles. The normalized spacial score (nSPS) is 11.7. The summed E-state index contributed by atoms with van der Waals surface area (Å²) < 4.78 is 94.1. The highest BCUT2D eigenvalue weighted by Gasteiger charge is 2.34. The van der Waals surface area contributed by atoms with Crippen molar-refractivity contribution < 1.29 is 30.8 Å². The molecule has 0 radical (unpaired) electrons. The number of benzene rings is 2. The molecule has 0 unspecified atom stereocenters. The molecule has 0 bridgehead atoms. The third kappa shape index (κ3) is 3.80. The van der Waals surface area contributed by atoms with Crippen LogP contribution in [0.5, 0.6) is 0 Å². The Labute approximate surface area is 154 Å². The molecule has 0 N–H and O–H groups in total. The number of nitrogens with zero attached hydrogens (tertiary/aromatic N) is 3. The molecule has 10 heteroatoms. The monoisotopic (exact) mass is 403 g/mol. The molecule has 1 aromatic heterocycles. The highest BCUT2D eigenvalue weighted by atomic mass is 19.4. The highest BCUT2D eigenvalue weighted by molar-refractivity contribution is 5.63. The van der Waals surface area contributed by atoms with Crippen LogP contribution in [-0.4, -0.2) is 9.78 Å². The summed E-state index contributed by atoms with van der Waals surface area (Å²) in [5.41, 5.74) is -1.51. The Balaban J connectivity index is 1.84. The Morgan fingerprint density at radius 2 is 1.57 bits per heavy atom. The number of rotatable bonds is 4. The molecule has 0 aliphatic carbocycles. The zero-order valence-corrected chi connectivity index (χ0v) is 14.2. The SMILES string of the molecule is Cn1nc(C(F)(F)F)cc1-c1ccc(N(F)Cc2c(F)ccc(F)c2F)cc1. The van der Waals surface area contributed by atoms with Crippen molar-refractivity contribution >= 4 is 5.69 Å². The van der Waals surface area contributed by atoms with Gasteiger partial charge in [-0.05, 0) is 35.9 Å². The van der Waals surface area contributed by atoms with Crippen LogP contribution < -0.4 is 5.12 Å². The van der Waals surface area contributed by atoms with E-state index in [4.69, 9.17) is 0 Å². The molecular formula is C18H12F7N3. The highest BCUT2D eigenvalue weighted by Crippen LogP contribution is 2.32. The Morgan fingerprint density at radius 3 is 2.14 bits per heavy atom. The maximum absolute atomic E-state index is 14.3. The average Bonchev–Trinajstić information content (AvgIpc) is 3.04. The van der Waals surface area contributed by atoms with Gasteiger partial charge >= 0.3 is 6.18 Å². The largest absolute Gasteiger partial charge is 0.435 e. The molecule has 28 heavy (non-hydrogen) atoms. The smallest absolute Gasteiger partial charge is 0.267 e. The number of aryl methyl sites for hydroxylation is 1. The molecule has 3 nitrogen and oxygen atoms in total. The first-order valence-corrected chi connectivity index (χ1v) is 7.85. The fraction of sp³-hybridized carbons (Fsp3) is 0.167. The van der Waals surface area contributed by atoms with Gasteiger partial charge in [-0.15, -0.1) is 0 Å². The fourth-order valence-electron chi connectivity index (χ4n) is 2.61. The van der Waals surface area contributed by atoms with E-state index in [9.17, 15) is 30.8 Å². The topological polar surface area (TPSA) is 21.1 Å². The predicted octanol–water partition coefficient (Wildman–Crippen LogP) is 5.41. The van der Waals surface area contributed by atoms with Crippen LogP contribution in [0, 0.1) is 17.5 Å². The van der Waals surface area contributed by atoms with E-state index in [-0.39, 0.29) is 16.5 Å². The zero-order chi connectivity index (χ0) is 20.6. The van der Waals surface area contributed by atoms with Crippen LogP contribution in [0.1, 0.15) is 11.3 Å². The second kappa shape index (κ2) is 7.17. The van der Waals surface area contributed by atoms with Gasteiger partial charge in [0.2, 0.25) is 0 Å². The molecule has 1 heterocycles. The van der Waals surface area contributed by atoms with Crippen molar-refractivity contribution in [1.29, 1.82) is 0 Å². The van der Waals surface area contributed by atoms with Gasteiger partial charge in [-0.1, -0.05) is 16.6 Å². The number of alkyl halides is 3. The summed E-state index contributed by atoms with van der Waals surface area (Å²) >= 11 is 0. The van der Waals surface area contributed by atoms with E-state index < -0.39 is 41.4 Å². The van der Waals surface area contributed by atoms with Gasteiger partial charge in [-0.3, -0.25) is 4.68 Å². The van der Waals surface area contributed by atoms with Crippen molar-refractivity contribution in [3.63, 3.8) is 0 Å². The molecule has 0 aliphatic rings. The van der Waals surface area contributed by atoms with Gasteiger partial charge in [0.05, 0.1) is 17.9 Å². The van der Waals surface area contributed by atoms with Gasteiger partial charge in [0.1, 0.15) is 5.82 Å². The number of anilines is 1. The molecule has 148 valence electrons. The predicted molar refractivity (Wildman–Crippen MR) is 87.3 cm³/mol. The Hall–Kier alpha value is -3.04. The minimum atomic E-state index is -4.61. The molecule has 0 atom stereocenters. The fourth-order valence-corrected chi connectivity index (χ4v) is 2.61. The number of hydrogen-bond acceptors (Lipinski definition) is 2. The minimum Gasteiger partial charge on any atom is -0.267 e. The van der Waals surface area contributed by atoms with E-state index in [1.54, 1.807) is 0 Å². The summed E-state index contributed by atoms with van der Waals surface area (Å²) in [7, 11) is 1.33. The molecular weight excluding hydrogens is 391 g/mol. The molecule has 0 aliphatic heterocycles. The van der Waals surface area contributed by atoms with Crippen LogP contribution in [0.2, 0.25) is 0 Å². The summed E-state index contributed by atoms with van der Waals surface area (Å²) in [5, 5.41) is 3.38. The quantitative estimate of drug-likeness (QED) is 0.330. The van der Waals surface area contributed by atoms with Crippen molar-refractivity contribution in [2.24, 2.45) is 7.05 Å². The maximum Gasteiger partial charge on any atom is 0.435 e. The molecule has 3 aromatic rings. The van der Waals surface area contributed by atoms with Crippen molar-refractivity contribution in [1.82, 2.24) is 9.78 Å². The van der Waals surface area contributed by atoms with E-state index in [1.165, 1.54) is 31.3 Å². The van der Waals surface area contributed by atoms with Gasteiger partial charge in [-0.2, -0.15) is 18.3 Å². The van der Waals surface area contributed by atoms with E-state index in [1.807, 2.05) is 0 Å². The molecule has 3 rings (SSSR count). The third-order valence-corrected chi connectivity index (χ3v) is 4.05. The second-order valence-electron chi connectivity index (χ2n) is 5.93. The van der Waals surface area contributed by atoms with Crippen LogP contribution in [0.25, 0.3) is 11.3 Å². The number of hydrogen-bond donors (Lipinski definition) is 0. The number of halogens is 7. The zero-order valence-electron chi connectivity index (χ0n) is 14.2. The average molecular weight is 403 g/mol. The summed E-state index contributed by atoms with van der Waals surface area (Å²) in [6, 6.07) is 7.21. The van der Waals surface area contributed by atoms with Crippen LogP contribution in [0.3, 0.4) is 0 Å². The summed E-state index contributed by atoms with van der Waals surface area (Å²) in [4.78, 5) is 0. The first-order chi connectivity index (χ1) is 13.1. The van der Waals surface area contributed by atoms with Gasteiger partial charge < -0.3 is 0 Å². The Bertz CT molecular complexity index is 994. The summed E-state index contributed by atoms with van der Waals surface area (Å²) in [6.07, 6.45) is -4.61. The number of aromatic nitrogens is 2. The van der Waals surface area contributed by atoms with Crippen LogP contribution >= 0.6 is 0 Å². The standard InChI is InChI=1S/C18H12F7N3/c1-27-15(8-16(26-27)18(22,23)24)10-2-4-11(5-3-10)28(25)9-12-13(19)6-7-14(20)17(12)21/h2-8H,9H2,1H3. The van der Waals surface area contributed by atoms with Gasteiger partial charge in [-0.25, -0.2) is 18.3 Å². The van der Waals surface area contributed by atoms with E-state index in [0.29, 0.717) is 17.7 Å². The first kappa shape index (κ1) is 19.7. The van der Waals surface area contributed by atoms with E-state index in [0.717, 1.165) is 10.7 Å². The van der Waals surface area contributed by atoms with Crippen molar-refractivity contribution in [2.75, 3.05) is 5.12 Å². The van der Waals surface area contributed by atoms with Crippen molar-refractivity contribution in [3.05, 3.63) is 71.2 Å². The van der Waals surface area contributed by atoms with Gasteiger partial charge in [0.15, 0.2) is 17.3 Å². The second-order valence-corrected chi connectivity index (χ2v) is 5.93. The molecule has 0 saturated heterocycles. The van der Waals surface area contributed by atoms with Crippen molar-refractivity contribution in [3.8, 4) is 11.3 Å². The molecule has 0 spiro atoms. The minimum absolute atomic E-state index is 0.00486. The first-order valence-electron chi connectivity index (χ1n) is 7.85. The van der Waals surface area contributed by atoms with Crippen molar-refractivity contribution in [2.45, 2.75) is 12.7 Å².